The normalized spacial score (nSPS) is 10.1. The second-order valence-corrected chi connectivity index (χ2v) is 3.47. The number of carbonyl (C=O) groups is 1. The topological polar surface area (TPSA) is 46.3 Å². The molecule has 0 aliphatic heterocycles. The Hall–Kier alpha value is -1.42. The minimum Gasteiger partial charge on any atom is -0.340 e. The first kappa shape index (κ1) is 11.7. The first-order chi connectivity index (χ1) is 7.06. The lowest BCUT2D eigenvalue weighted by Gasteiger charge is -2.17. The van der Waals surface area contributed by atoms with Crippen LogP contribution in [0.3, 0.4) is 0 Å². The van der Waals surface area contributed by atoms with E-state index in [1.165, 1.54) is 23.1 Å². The fraction of sp³-hybridized carbons (Fsp3) is 0.364. The fourth-order valence-corrected chi connectivity index (χ4v) is 1.37. The van der Waals surface area contributed by atoms with Crippen LogP contribution in [0.2, 0.25) is 0 Å². The van der Waals surface area contributed by atoms with Crippen LogP contribution in [0.4, 0.5) is 4.39 Å². The molecule has 0 unspecified atom stereocenters. The van der Waals surface area contributed by atoms with Crippen molar-refractivity contribution in [1.82, 2.24) is 4.90 Å². The lowest BCUT2D eigenvalue weighted by Crippen LogP contribution is -2.32. The van der Waals surface area contributed by atoms with Gasteiger partial charge in [0.15, 0.2) is 0 Å². The number of hydrogen-bond acceptors (Lipinski definition) is 2. The molecule has 0 spiro atoms. The molecule has 1 rings (SSSR count). The smallest absolute Gasteiger partial charge is 0.253 e. The molecule has 0 radical (unpaired) electrons. The molecule has 1 aromatic rings. The largest absolute Gasteiger partial charge is 0.340 e. The summed E-state index contributed by atoms with van der Waals surface area (Å²) in [5.41, 5.74) is 6.52. The lowest BCUT2D eigenvalue weighted by molar-refractivity contribution is 0.0798. The summed E-state index contributed by atoms with van der Waals surface area (Å²) in [5, 5.41) is 0. The molecule has 0 bridgehead atoms. The third-order valence-corrected chi connectivity index (χ3v) is 2.23. The average Bonchev–Trinajstić information content (AvgIpc) is 2.17. The van der Waals surface area contributed by atoms with Crippen molar-refractivity contribution in [2.24, 2.45) is 5.73 Å². The van der Waals surface area contributed by atoms with Crippen molar-refractivity contribution >= 4 is 5.91 Å². The van der Waals surface area contributed by atoms with Gasteiger partial charge in [0.1, 0.15) is 5.82 Å². The number of aryl methyl sites for hydroxylation is 1. The van der Waals surface area contributed by atoms with Gasteiger partial charge in [0.05, 0.1) is 0 Å². The van der Waals surface area contributed by atoms with Crippen molar-refractivity contribution in [2.75, 3.05) is 20.1 Å². The molecule has 0 aliphatic rings. The Morgan fingerprint density at radius 2 is 2.20 bits per heavy atom. The number of benzene rings is 1. The zero-order valence-electron chi connectivity index (χ0n) is 8.96. The number of halogens is 1. The maximum atomic E-state index is 12.8. The van der Waals surface area contributed by atoms with Gasteiger partial charge in [-0.05, 0) is 30.7 Å². The number of hydrogen-bond donors (Lipinski definition) is 1. The summed E-state index contributed by atoms with van der Waals surface area (Å²) in [6.07, 6.45) is 0. The van der Waals surface area contributed by atoms with Crippen LogP contribution in [0, 0.1) is 12.7 Å². The van der Waals surface area contributed by atoms with Crippen molar-refractivity contribution in [3.05, 3.63) is 35.1 Å². The van der Waals surface area contributed by atoms with E-state index in [2.05, 4.69) is 0 Å². The SMILES string of the molecule is Cc1cc(F)ccc1C(=O)N(C)CCN. The minimum absolute atomic E-state index is 0.127. The molecule has 0 aliphatic carbocycles. The van der Waals surface area contributed by atoms with E-state index in [0.29, 0.717) is 24.2 Å². The molecule has 0 saturated heterocycles. The third-order valence-electron chi connectivity index (χ3n) is 2.23. The predicted octanol–water partition coefficient (Wildman–Crippen LogP) is 1.16. The summed E-state index contributed by atoms with van der Waals surface area (Å²) in [7, 11) is 1.68. The number of rotatable bonds is 3. The molecule has 1 amide bonds. The monoisotopic (exact) mass is 210 g/mol. The van der Waals surface area contributed by atoms with Gasteiger partial charge in [-0.1, -0.05) is 0 Å². The second-order valence-electron chi connectivity index (χ2n) is 3.47. The number of likely N-dealkylation sites (N-methyl/N-ethyl adjacent to an activating group) is 1. The highest BCUT2D eigenvalue weighted by Gasteiger charge is 2.13. The van der Waals surface area contributed by atoms with Crippen LogP contribution in [-0.4, -0.2) is 30.9 Å². The molecule has 3 nitrogen and oxygen atoms in total. The molecule has 15 heavy (non-hydrogen) atoms. The fourth-order valence-electron chi connectivity index (χ4n) is 1.37. The van der Waals surface area contributed by atoms with Crippen LogP contribution in [0.5, 0.6) is 0 Å². The Labute approximate surface area is 88.7 Å². The predicted molar refractivity (Wildman–Crippen MR) is 57.2 cm³/mol. The van der Waals surface area contributed by atoms with Gasteiger partial charge >= 0.3 is 0 Å². The van der Waals surface area contributed by atoms with Crippen molar-refractivity contribution in [2.45, 2.75) is 6.92 Å². The average molecular weight is 210 g/mol. The number of carbonyl (C=O) groups excluding carboxylic acids is 1. The van der Waals surface area contributed by atoms with Gasteiger partial charge in [0.25, 0.3) is 5.91 Å². The summed E-state index contributed by atoms with van der Waals surface area (Å²) < 4.78 is 12.8. The van der Waals surface area contributed by atoms with Crippen LogP contribution in [-0.2, 0) is 0 Å². The molecule has 0 fully saturated rings. The standard InChI is InChI=1S/C11H15FN2O/c1-8-7-9(12)3-4-10(8)11(15)14(2)6-5-13/h3-4,7H,5-6,13H2,1-2H3. The van der Waals surface area contributed by atoms with E-state index in [4.69, 9.17) is 5.73 Å². The van der Waals surface area contributed by atoms with Crippen molar-refractivity contribution in [3.8, 4) is 0 Å². The van der Waals surface area contributed by atoms with Crippen LogP contribution in [0.25, 0.3) is 0 Å². The van der Waals surface area contributed by atoms with Gasteiger partial charge in [-0.25, -0.2) is 4.39 Å². The molecule has 0 aromatic heterocycles. The quantitative estimate of drug-likeness (QED) is 0.813. The van der Waals surface area contributed by atoms with E-state index in [0.717, 1.165) is 0 Å². The molecule has 4 heteroatoms. The van der Waals surface area contributed by atoms with Crippen molar-refractivity contribution in [1.29, 1.82) is 0 Å². The first-order valence-electron chi connectivity index (χ1n) is 4.78. The van der Waals surface area contributed by atoms with Gasteiger partial charge < -0.3 is 10.6 Å². The molecule has 2 N–H and O–H groups in total. The molecule has 0 heterocycles. The Kier molecular flexibility index (Phi) is 3.80. The highest BCUT2D eigenvalue weighted by Crippen LogP contribution is 2.11. The summed E-state index contributed by atoms with van der Waals surface area (Å²) in [5.74, 6) is -0.455. The van der Waals surface area contributed by atoms with E-state index in [-0.39, 0.29) is 11.7 Å². The van der Waals surface area contributed by atoms with Gasteiger partial charge in [0.2, 0.25) is 0 Å². The lowest BCUT2D eigenvalue weighted by atomic mass is 10.1. The van der Waals surface area contributed by atoms with Crippen LogP contribution in [0.1, 0.15) is 15.9 Å². The third kappa shape index (κ3) is 2.76. The van der Waals surface area contributed by atoms with E-state index >= 15 is 0 Å². The summed E-state index contributed by atoms with van der Waals surface area (Å²) in [6.45, 7) is 2.63. The van der Waals surface area contributed by atoms with E-state index in [1.807, 2.05) is 0 Å². The molecule has 82 valence electrons. The van der Waals surface area contributed by atoms with Gasteiger partial charge in [0, 0.05) is 25.7 Å². The molecular formula is C11H15FN2O. The molecule has 1 aromatic carbocycles. The molecular weight excluding hydrogens is 195 g/mol. The van der Waals surface area contributed by atoms with Crippen LogP contribution < -0.4 is 5.73 Å². The number of nitrogens with two attached hydrogens (primary N) is 1. The summed E-state index contributed by atoms with van der Waals surface area (Å²) in [6, 6.07) is 4.14. The molecule has 0 atom stereocenters. The minimum atomic E-state index is -0.328. The Morgan fingerprint density at radius 3 is 2.73 bits per heavy atom. The zero-order chi connectivity index (χ0) is 11.4. The Balaban J connectivity index is 2.91. The van der Waals surface area contributed by atoms with Crippen molar-refractivity contribution < 1.29 is 9.18 Å². The Bertz CT molecular complexity index is 366. The van der Waals surface area contributed by atoms with E-state index in [1.54, 1.807) is 14.0 Å². The highest BCUT2D eigenvalue weighted by atomic mass is 19.1. The second kappa shape index (κ2) is 4.89. The first-order valence-corrected chi connectivity index (χ1v) is 4.78. The van der Waals surface area contributed by atoms with E-state index in [9.17, 15) is 9.18 Å². The summed E-state index contributed by atoms with van der Waals surface area (Å²) in [4.78, 5) is 13.3. The highest BCUT2D eigenvalue weighted by molar-refractivity contribution is 5.95. The summed E-state index contributed by atoms with van der Waals surface area (Å²) >= 11 is 0. The van der Waals surface area contributed by atoms with Crippen molar-refractivity contribution in [3.63, 3.8) is 0 Å². The van der Waals surface area contributed by atoms with Gasteiger partial charge in [-0.2, -0.15) is 0 Å². The van der Waals surface area contributed by atoms with Gasteiger partial charge in [-0.3, -0.25) is 4.79 Å². The maximum Gasteiger partial charge on any atom is 0.253 e. The maximum absolute atomic E-state index is 12.8. The van der Waals surface area contributed by atoms with E-state index < -0.39 is 0 Å². The number of amides is 1. The zero-order valence-corrected chi connectivity index (χ0v) is 8.96. The van der Waals surface area contributed by atoms with Gasteiger partial charge in [-0.15, -0.1) is 0 Å². The Morgan fingerprint density at radius 1 is 1.53 bits per heavy atom. The number of nitrogens with zero attached hydrogens (tertiary/aromatic N) is 1. The van der Waals surface area contributed by atoms with Crippen LogP contribution in [0.15, 0.2) is 18.2 Å². The van der Waals surface area contributed by atoms with Crippen LogP contribution >= 0.6 is 0 Å². The molecule has 0 saturated carbocycles.